The van der Waals surface area contributed by atoms with E-state index in [-0.39, 0.29) is 6.10 Å². The number of hydrogen-bond acceptors (Lipinski definition) is 1. The maximum Gasteiger partial charge on any atom is 0.0568 e. The van der Waals surface area contributed by atoms with Crippen molar-refractivity contribution < 1.29 is 5.11 Å². The van der Waals surface area contributed by atoms with Gasteiger partial charge in [-0.15, -0.1) is 0 Å². The van der Waals surface area contributed by atoms with Crippen molar-refractivity contribution in [1.82, 2.24) is 0 Å². The Kier molecular flexibility index (Phi) is 3.94. The lowest BCUT2D eigenvalue weighted by atomic mass is 9.59. The van der Waals surface area contributed by atoms with Crippen molar-refractivity contribution in [2.24, 2.45) is 17.3 Å². The second-order valence-corrected chi connectivity index (χ2v) is 6.68. The Balaban J connectivity index is 1.91. The maximum absolute atomic E-state index is 10.3. The number of aliphatic hydroxyl groups excluding tert-OH is 1. The number of rotatable bonds is 4. The monoisotopic (exact) mass is 224 g/mol. The van der Waals surface area contributed by atoms with Crippen LogP contribution < -0.4 is 0 Å². The molecule has 0 radical (unpaired) electrons. The van der Waals surface area contributed by atoms with E-state index in [1.165, 1.54) is 51.4 Å². The van der Waals surface area contributed by atoms with Crippen molar-refractivity contribution in [2.75, 3.05) is 0 Å². The molecule has 4 atom stereocenters. The van der Waals surface area contributed by atoms with E-state index in [2.05, 4.69) is 13.8 Å². The van der Waals surface area contributed by atoms with Crippen molar-refractivity contribution in [3.8, 4) is 0 Å². The normalized spacial score (nSPS) is 40.7. The Morgan fingerprint density at radius 1 is 1.38 bits per heavy atom. The zero-order chi connectivity index (χ0) is 11.6. The van der Waals surface area contributed by atoms with E-state index in [9.17, 15) is 5.11 Å². The van der Waals surface area contributed by atoms with Gasteiger partial charge >= 0.3 is 0 Å². The van der Waals surface area contributed by atoms with E-state index in [1.807, 2.05) is 0 Å². The highest BCUT2D eigenvalue weighted by atomic mass is 16.3. The number of hydrogen-bond donors (Lipinski definition) is 1. The largest absolute Gasteiger partial charge is 0.393 e. The van der Waals surface area contributed by atoms with Crippen LogP contribution in [0.1, 0.15) is 71.6 Å². The Bertz CT molecular complexity index is 225. The van der Waals surface area contributed by atoms with Crippen molar-refractivity contribution in [3.05, 3.63) is 0 Å². The lowest BCUT2D eigenvalue weighted by Crippen LogP contribution is -2.39. The Labute approximate surface area is 101 Å². The molecule has 0 aliphatic heterocycles. The van der Waals surface area contributed by atoms with Crippen LogP contribution in [0, 0.1) is 17.3 Å². The molecule has 0 spiro atoms. The first-order valence-corrected chi connectivity index (χ1v) is 7.31. The Hall–Kier alpha value is -0.0400. The molecule has 94 valence electrons. The van der Waals surface area contributed by atoms with Crippen LogP contribution in [0.15, 0.2) is 0 Å². The fraction of sp³-hybridized carbons (Fsp3) is 1.00. The van der Waals surface area contributed by atoms with E-state index in [0.29, 0.717) is 11.3 Å². The molecular weight excluding hydrogens is 196 g/mol. The molecule has 2 saturated carbocycles. The second-order valence-electron chi connectivity index (χ2n) is 6.68. The average molecular weight is 224 g/mol. The molecular formula is C15H28O. The summed E-state index contributed by atoms with van der Waals surface area (Å²) in [6, 6.07) is 0. The minimum atomic E-state index is -0.0137. The number of aliphatic hydroxyl groups is 1. The van der Waals surface area contributed by atoms with Crippen LogP contribution in [0.2, 0.25) is 0 Å². The van der Waals surface area contributed by atoms with Gasteiger partial charge in [0.25, 0.3) is 0 Å². The first kappa shape index (κ1) is 12.4. The van der Waals surface area contributed by atoms with Crippen LogP contribution in [-0.2, 0) is 0 Å². The van der Waals surface area contributed by atoms with Crippen LogP contribution in [0.5, 0.6) is 0 Å². The van der Waals surface area contributed by atoms with Gasteiger partial charge in [-0.2, -0.15) is 0 Å². The molecule has 2 bridgehead atoms. The molecule has 1 heteroatoms. The number of fused-ring (bicyclic) bond motifs is 2. The molecule has 0 aromatic heterocycles. The van der Waals surface area contributed by atoms with Gasteiger partial charge in [-0.3, -0.25) is 0 Å². The standard InChI is InChI=1S/C15H28O/c1-3-4-7-14(16)13-9-12-6-5-8-15(2,10-12)11-13/h12-14,16H,3-11H2,1-2H3. The minimum Gasteiger partial charge on any atom is -0.393 e. The molecule has 0 aromatic carbocycles. The summed E-state index contributed by atoms with van der Waals surface area (Å²) < 4.78 is 0. The third-order valence-corrected chi connectivity index (χ3v) is 4.96. The van der Waals surface area contributed by atoms with E-state index in [4.69, 9.17) is 0 Å². The fourth-order valence-electron chi connectivity index (χ4n) is 4.19. The first-order chi connectivity index (χ1) is 7.63. The zero-order valence-electron chi connectivity index (χ0n) is 11.0. The molecule has 2 rings (SSSR count). The summed E-state index contributed by atoms with van der Waals surface area (Å²) in [4.78, 5) is 0. The van der Waals surface area contributed by atoms with Crippen molar-refractivity contribution >= 4 is 0 Å². The Morgan fingerprint density at radius 2 is 2.19 bits per heavy atom. The van der Waals surface area contributed by atoms with Crippen LogP contribution in [0.4, 0.5) is 0 Å². The molecule has 1 N–H and O–H groups in total. The van der Waals surface area contributed by atoms with Crippen LogP contribution >= 0.6 is 0 Å². The average Bonchev–Trinajstić information content (AvgIpc) is 2.24. The third kappa shape index (κ3) is 2.80. The van der Waals surface area contributed by atoms with Gasteiger partial charge in [0.2, 0.25) is 0 Å². The maximum atomic E-state index is 10.3. The predicted molar refractivity (Wildman–Crippen MR) is 68.3 cm³/mol. The summed E-state index contributed by atoms with van der Waals surface area (Å²) in [5.74, 6) is 1.53. The van der Waals surface area contributed by atoms with Crippen molar-refractivity contribution in [3.63, 3.8) is 0 Å². The Morgan fingerprint density at radius 3 is 2.88 bits per heavy atom. The van der Waals surface area contributed by atoms with E-state index >= 15 is 0 Å². The van der Waals surface area contributed by atoms with Gasteiger partial charge in [0.15, 0.2) is 0 Å². The SMILES string of the molecule is CCCCC(O)C1CC2CCCC(C)(C2)C1. The fourth-order valence-corrected chi connectivity index (χ4v) is 4.19. The predicted octanol–water partition coefficient (Wildman–Crippen LogP) is 4.14. The lowest BCUT2D eigenvalue weighted by molar-refractivity contribution is -0.0122. The first-order valence-electron chi connectivity index (χ1n) is 7.31. The molecule has 2 fully saturated rings. The van der Waals surface area contributed by atoms with E-state index in [0.717, 1.165) is 12.3 Å². The van der Waals surface area contributed by atoms with Gasteiger partial charge < -0.3 is 5.11 Å². The van der Waals surface area contributed by atoms with Gasteiger partial charge in [-0.25, -0.2) is 0 Å². The van der Waals surface area contributed by atoms with Crippen LogP contribution in [-0.4, -0.2) is 11.2 Å². The summed E-state index contributed by atoms with van der Waals surface area (Å²) in [5, 5.41) is 10.3. The summed E-state index contributed by atoms with van der Waals surface area (Å²) in [6.45, 7) is 4.67. The van der Waals surface area contributed by atoms with Crippen LogP contribution in [0.3, 0.4) is 0 Å². The summed E-state index contributed by atoms with van der Waals surface area (Å²) >= 11 is 0. The third-order valence-electron chi connectivity index (χ3n) is 4.96. The molecule has 2 aliphatic rings. The molecule has 0 saturated heterocycles. The lowest BCUT2D eigenvalue weighted by Gasteiger charge is -2.47. The highest BCUT2D eigenvalue weighted by Gasteiger charge is 2.41. The summed E-state index contributed by atoms with van der Waals surface area (Å²) in [6.07, 6.45) is 11.7. The van der Waals surface area contributed by atoms with Crippen molar-refractivity contribution in [1.29, 1.82) is 0 Å². The molecule has 2 aliphatic carbocycles. The van der Waals surface area contributed by atoms with Crippen LogP contribution in [0.25, 0.3) is 0 Å². The van der Waals surface area contributed by atoms with Gasteiger partial charge in [0, 0.05) is 0 Å². The summed E-state index contributed by atoms with van der Waals surface area (Å²) in [5.41, 5.74) is 0.568. The topological polar surface area (TPSA) is 20.2 Å². The molecule has 4 unspecified atom stereocenters. The highest BCUT2D eigenvalue weighted by molar-refractivity contribution is 4.92. The minimum absolute atomic E-state index is 0.0137. The quantitative estimate of drug-likeness (QED) is 0.760. The molecule has 0 heterocycles. The smallest absolute Gasteiger partial charge is 0.0568 e. The van der Waals surface area contributed by atoms with E-state index in [1.54, 1.807) is 0 Å². The van der Waals surface area contributed by atoms with Gasteiger partial charge in [-0.05, 0) is 49.4 Å². The second kappa shape index (κ2) is 5.08. The molecule has 16 heavy (non-hydrogen) atoms. The highest BCUT2D eigenvalue weighted by Crippen LogP contribution is 2.51. The number of unbranched alkanes of at least 4 members (excludes halogenated alkanes) is 1. The van der Waals surface area contributed by atoms with Gasteiger partial charge in [0.05, 0.1) is 6.10 Å². The molecule has 0 aromatic rings. The van der Waals surface area contributed by atoms with Gasteiger partial charge in [0.1, 0.15) is 0 Å². The molecule has 1 nitrogen and oxygen atoms in total. The molecule has 0 amide bonds. The van der Waals surface area contributed by atoms with Gasteiger partial charge in [-0.1, -0.05) is 39.5 Å². The zero-order valence-corrected chi connectivity index (χ0v) is 11.0. The summed E-state index contributed by atoms with van der Waals surface area (Å²) in [7, 11) is 0. The van der Waals surface area contributed by atoms with E-state index < -0.39 is 0 Å². The van der Waals surface area contributed by atoms with Crippen molar-refractivity contribution in [2.45, 2.75) is 77.7 Å².